The summed E-state index contributed by atoms with van der Waals surface area (Å²) in [4.78, 5) is 9.97. The van der Waals surface area contributed by atoms with Crippen LogP contribution >= 0.6 is 22.6 Å². The summed E-state index contributed by atoms with van der Waals surface area (Å²) in [6.07, 6.45) is 0. The first-order valence-corrected chi connectivity index (χ1v) is 9.55. The fraction of sp³-hybridized carbons (Fsp3) is 0. The molecule has 4 N–H and O–H groups in total. The summed E-state index contributed by atoms with van der Waals surface area (Å²) in [5.41, 5.74) is -0.924. The number of nitrogens with one attached hydrogen (secondary N) is 2. The summed E-state index contributed by atoms with van der Waals surface area (Å²) in [5, 5.41) is 9.83. The van der Waals surface area contributed by atoms with Crippen LogP contribution in [0.4, 0.5) is 20.2 Å². The molecule has 0 aliphatic carbocycles. The van der Waals surface area contributed by atoms with E-state index in [9.17, 15) is 22.0 Å². The molecule has 3 rings (SSSR count). The summed E-state index contributed by atoms with van der Waals surface area (Å²) in [7, 11) is -4.67. The quantitative estimate of drug-likeness (QED) is 0.484. The lowest BCUT2D eigenvalue weighted by atomic mass is 10.1. The Hall–Kier alpha value is -2.25. The van der Waals surface area contributed by atoms with Gasteiger partial charge in [-0.15, -0.1) is 0 Å². The average molecular weight is 493 g/mol. The minimum absolute atomic E-state index is 0.0400. The lowest BCUT2D eigenvalue weighted by molar-refractivity contribution is 0.393. The van der Waals surface area contributed by atoms with Crippen LogP contribution < -0.4 is 16.1 Å². The Morgan fingerprint density at radius 3 is 2.35 bits per heavy atom. The van der Waals surface area contributed by atoms with E-state index in [-0.39, 0.29) is 16.9 Å². The first kappa shape index (κ1) is 18.5. The highest BCUT2D eigenvalue weighted by Crippen LogP contribution is 2.36. The second kappa shape index (κ2) is 6.81. The molecule has 0 aliphatic rings. The number of aromatic amines is 1. The van der Waals surface area contributed by atoms with Crippen LogP contribution in [0.3, 0.4) is 0 Å². The number of halogens is 3. The highest BCUT2D eigenvalue weighted by molar-refractivity contribution is 14.1. The molecular weight excluding hydrogens is 483 g/mol. The van der Waals surface area contributed by atoms with E-state index < -0.39 is 32.2 Å². The van der Waals surface area contributed by atoms with Gasteiger partial charge in [-0.05, 0) is 52.9 Å². The van der Waals surface area contributed by atoms with Gasteiger partial charge in [-0.3, -0.25) is 0 Å². The van der Waals surface area contributed by atoms with Crippen molar-refractivity contribution in [1.29, 1.82) is 0 Å². The molecule has 3 aromatic rings. The highest BCUT2D eigenvalue weighted by atomic mass is 127. The molecule has 0 spiro atoms. The lowest BCUT2D eigenvalue weighted by Crippen LogP contribution is -2.17. The predicted octanol–water partition coefficient (Wildman–Crippen LogP) is 2.91. The Morgan fingerprint density at radius 1 is 1.15 bits per heavy atom. The fourth-order valence-electron chi connectivity index (χ4n) is 2.29. The van der Waals surface area contributed by atoms with Crippen LogP contribution in [0.2, 0.25) is 0 Å². The molecule has 136 valence electrons. The number of primary sulfonamides is 1. The number of H-pyrrole nitrogens is 1. The van der Waals surface area contributed by atoms with E-state index in [1.54, 1.807) is 24.3 Å². The van der Waals surface area contributed by atoms with Gasteiger partial charge in [0.15, 0.2) is 10.7 Å². The second-order valence-corrected chi connectivity index (χ2v) is 7.93. The largest absolute Gasteiger partial charge is 0.357 e. The molecule has 0 aliphatic heterocycles. The zero-order valence-corrected chi connectivity index (χ0v) is 15.7. The van der Waals surface area contributed by atoms with Crippen molar-refractivity contribution in [3.05, 3.63) is 62.0 Å². The van der Waals surface area contributed by atoms with Crippen LogP contribution in [-0.4, -0.2) is 13.6 Å². The van der Waals surface area contributed by atoms with Gasteiger partial charge in [0.05, 0.1) is 17.4 Å². The minimum Gasteiger partial charge on any atom is -0.353 e. The Labute approximate surface area is 159 Å². The van der Waals surface area contributed by atoms with Crippen molar-refractivity contribution >= 4 is 44.0 Å². The van der Waals surface area contributed by atoms with E-state index in [0.29, 0.717) is 5.69 Å². The summed E-state index contributed by atoms with van der Waals surface area (Å²) in [5.74, 6) is -2.81. The van der Waals surface area contributed by atoms with Crippen molar-refractivity contribution in [2.24, 2.45) is 5.14 Å². The number of sulfonamides is 1. The normalized spacial score (nSPS) is 11.5. The number of hydrogen-bond acceptors (Lipinski definition) is 5. The maximum atomic E-state index is 14.9. The number of aromatic nitrogens is 1. The zero-order valence-electron chi connectivity index (χ0n) is 12.7. The van der Waals surface area contributed by atoms with Crippen LogP contribution in [0, 0.1) is 15.2 Å². The Kier molecular flexibility index (Phi) is 4.86. The zero-order chi connectivity index (χ0) is 19.1. The number of rotatable bonds is 4. The average Bonchev–Trinajstić information content (AvgIpc) is 2.97. The third kappa shape index (κ3) is 3.64. The molecule has 0 saturated heterocycles. The Balaban J connectivity index is 2.26. The first-order chi connectivity index (χ1) is 12.2. The summed E-state index contributed by atoms with van der Waals surface area (Å²) in [6, 6.07) is 8.41. The van der Waals surface area contributed by atoms with Gasteiger partial charge in [0, 0.05) is 14.8 Å². The number of hydrogen-bond donors (Lipinski definition) is 3. The van der Waals surface area contributed by atoms with Gasteiger partial charge in [-0.25, -0.2) is 32.3 Å². The van der Waals surface area contributed by atoms with Crippen molar-refractivity contribution in [3.8, 4) is 11.3 Å². The molecule has 0 saturated carbocycles. The number of anilines is 2. The monoisotopic (exact) mass is 493 g/mol. The smallest absolute Gasteiger partial charge is 0.353 e. The minimum atomic E-state index is -4.67. The van der Waals surface area contributed by atoms with Gasteiger partial charge < -0.3 is 9.84 Å². The SMILES string of the molecule is NS(=O)(=O)c1c(F)cc(-c2cc(=O)o[nH]2)c(Nc2ccc(I)cc2)c1F. The maximum Gasteiger partial charge on any atom is 0.357 e. The highest BCUT2D eigenvalue weighted by Gasteiger charge is 2.27. The van der Waals surface area contributed by atoms with Crippen LogP contribution in [0.1, 0.15) is 0 Å². The molecule has 11 heteroatoms. The molecule has 7 nitrogen and oxygen atoms in total. The van der Waals surface area contributed by atoms with Gasteiger partial charge in [0.1, 0.15) is 5.82 Å². The molecule has 0 atom stereocenters. The first-order valence-electron chi connectivity index (χ1n) is 6.93. The molecule has 26 heavy (non-hydrogen) atoms. The number of benzene rings is 2. The molecule has 2 aromatic carbocycles. The van der Waals surface area contributed by atoms with Crippen LogP contribution in [-0.2, 0) is 10.0 Å². The van der Waals surface area contributed by atoms with Crippen molar-refractivity contribution in [3.63, 3.8) is 0 Å². The van der Waals surface area contributed by atoms with E-state index in [4.69, 9.17) is 5.14 Å². The van der Waals surface area contributed by atoms with Gasteiger partial charge >= 0.3 is 5.63 Å². The lowest BCUT2D eigenvalue weighted by Gasteiger charge is -2.15. The second-order valence-electron chi connectivity index (χ2n) is 5.18. The van der Waals surface area contributed by atoms with Gasteiger partial charge in [-0.2, -0.15) is 0 Å². The van der Waals surface area contributed by atoms with Crippen molar-refractivity contribution in [2.75, 3.05) is 5.32 Å². The fourth-order valence-corrected chi connectivity index (χ4v) is 3.33. The van der Waals surface area contributed by atoms with Crippen molar-refractivity contribution < 1.29 is 21.7 Å². The van der Waals surface area contributed by atoms with E-state index in [1.165, 1.54) is 0 Å². The van der Waals surface area contributed by atoms with E-state index in [1.807, 2.05) is 0 Å². The van der Waals surface area contributed by atoms with Gasteiger partial charge in [0.25, 0.3) is 0 Å². The van der Waals surface area contributed by atoms with Crippen LogP contribution in [0.15, 0.2) is 50.6 Å². The van der Waals surface area contributed by atoms with E-state index in [0.717, 1.165) is 15.7 Å². The molecule has 0 bridgehead atoms. The number of nitrogens with two attached hydrogens (primary N) is 1. The van der Waals surface area contributed by atoms with Crippen molar-refractivity contribution in [2.45, 2.75) is 4.90 Å². The summed E-state index contributed by atoms with van der Waals surface area (Å²) in [6.45, 7) is 0. The molecule has 1 aromatic heterocycles. The standard InChI is InChI=1S/C15H10F2IN3O4S/c16-10-5-9(11-6-12(22)25-21-11)14(13(17)15(10)26(19,23)24)20-8-3-1-7(18)2-4-8/h1-6,20-21H,(H2,19,23,24). The molecule has 0 radical (unpaired) electrons. The Bertz CT molecular complexity index is 1140. The van der Waals surface area contributed by atoms with Crippen LogP contribution in [0.25, 0.3) is 11.3 Å². The van der Waals surface area contributed by atoms with E-state index >= 15 is 0 Å². The topological polar surface area (TPSA) is 118 Å². The predicted molar refractivity (Wildman–Crippen MR) is 98.5 cm³/mol. The third-order valence-electron chi connectivity index (χ3n) is 3.39. The molecule has 0 fully saturated rings. The summed E-state index contributed by atoms with van der Waals surface area (Å²) >= 11 is 2.07. The van der Waals surface area contributed by atoms with Crippen LogP contribution in [0.5, 0.6) is 0 Å². The summed E-state index contributed by atoms with van der Waals surface area (Å²) < 4.78 is 57.7. The van der Waals surface area contributed by atoms with Crippen molar-refractivity contribution in [1.82, 2.24) is 5.16 Å². The Morgan fingerprint density at radius 2 is 1.81 bits per heavy atom. The maximum absolute atomic E-state index is 14.9. The van der Waals surface area contributed by atoms with Gasteiger partial charge in [-0.1, -0.05) is 0 Å². The van der Waals surface area contributed by atoms with E-state index in [2.05, 4.69) is 37.6 Å². The molecular formula is C15H10F2IN3O4S. The molecule has 1 heterocycles. The molecule has 0 unspecified atom stereocenters. The van der Waals surface area contributed by atoms with Gasteiger partial charge in [0.2, 0.25) is 10.0 Å². The third-order valence-corrected chi connectivity index (χ3v) is 5.05. The molecule has 0 amide bonds.